The van der Waals surface area contributed by atoms with E-state index >= 15 is 0 Å². The summed E-state index contributed by atoms with van der Waals surface area (Å²) in [4.78, 5) is 13.2. The van der Waals surface area contributed by atoms with Crippen molar-refractivity contribution in [1.29, 1.82) is 0 Å². The van der Waals surface area contributed by atoms with Gasteiger partial charge in [-0.2, -0.15) is 5.10 Å². The lowest BCUT2D eigenvalue weighted by atomic mass is 9.91. The van der Waals surface area contributed by atoms with Gasteiger partial charge in [0.25, 0.3) is 5.91 Å². The van der Waals surface area contributed by atoms with Gasteiger partial charge < -0.3 is 10.6 Å². The minimum absolute atomic E-state index is 0. The van der Waals surface area contributed by atoms with Crippen LogP contribution < -0.4 is 10.6 Å². The molecule has 0 unspecified atom stereocenters. The van der Waals surface area contributed by atoms with Crippen LogP contribution in [0, 0.1) is 13.8 Å². The molecule has 0 atom stereocenters. The second-order valence-corrected chi connectivity index (χ2v) is 8.57. The van der Waals surface area contributed by atoms with Gasteiger partial charge in [-0.1, -0.05) is 29.3 Å². The molecule has 3 aromatic rings. The highest BCUT2D eigenvalue weighted by Gasteiger charge is 2.27. The molecule has 2 heterocycles. The van der Waals surface area contributed by atoms with Crippen molar-refractivity contribution in [2.45, 2.75) is 32.6 Å². The number of hydrogen-bond donors (Lipinski definition) is 2. The molecule has 5 nitrogen and oxygen atoms in total. The summed E-state index contributed by atoms with van der Waals surface area (Å²) in [7, 11) is 0. The van der Waals surface area contributed by atoms with E-state index in [1.54, 1.807) is 24.4 Å². The number of aryl methyl sites for hydroxylation is 2. The van der Waals surface area contributed by atoms with Gasteiger partial charge in [0.15, 0.2) is 0 Å². The number of hydrogen-bond acceptors (Lipinski definition) is 3. The summed E-state index contributed by atoms with van der Waals surface area (Å²) in [5.74, 6) is 0.0274. The first-order valence-corrected chi connectivity index (χ1v) is 10.8. The van der Waals surface area contributed by atoms with E-state index in [2.05, 4.69) is 47.8 Å². The number of rotatable bonds is 4. The smallest absolute Gasteiger partial charge is 0.259 e. The van der Waals surface area contributed by atoms with Crippen molar-refractivity contribution in [3.63, 3.8) is 0 Å². The molecule has 1 aliphatic rings. The van der Waals surface area contributed by atoms with Gasteiger partial charge in [-0.15, -0.1) is 12.4 Å². The number of piperidine rings is 1. The van der Waals surface area contributed by atoms with Gasteiger partial charge in [0.2, 0.25) is 0 Å². The van der Waals surface area contributed by atoms with Crippen LogP contribution in [-0.4, -0.2) is 28.8 Å². The van der Waals surface area contributed by atoms with Gasteiger partial charge in [-0.05, 0) is 81.2 Å². The van der Waals surface area contributed by atoms with E-state index in [1.165, 1.54) is 11.1 Å². The molecular formula is C23H25Cl3N4O. The maximum Gasteiger partial charge on any atom is 0.259 e. The molecule has 2 aromatic carbocycles. The largest absolute Gasteiger partial charge is 0.321 e. The third-order valence-corrected chi connectivity index (χ3v) is 6.24. The summed E-state index contributed by atoms with van der Waals surface area (Å²) < 4.78 is 1.92. The molecule has 0 bridgehead atoms. The normalized spacial score (nSPS) is 14.2. The zero-order chi connectivity index (χ0) is 21.3. The molecule has 0 radical (unpaired) electrons. The molecule has 31 heavy (non-hydrogen) atoms. The van der Waals surface area contributed by atoms with E-state index in [9.17, 15) is 4.79 Å². The van der Waals surface area contributed by atoms with Crippen molar-refractivity contribution in [2.24, 2.45) is 0 Å². The summed E-state index contributed by atoms with van der Waals surface area (Å²) >= 11 is 12.2. The van der Waals surface area contributed by atoms with Crippen LogP contribution in [0.5, 0.6) is 0 Å². The molecule has 2 N–H and O–H groups in total. The number of nitrogens with zero attached hydrogens (tertiary/aromatic N) is 2. The van der Waals surface area contributed by atoms with E-state index in [1.807, 2.05) is 4.68 Å². The van der Waals surface area contributed by atoms with E-state index in [-0.39, 0.29) is 24.2 Å². The highest BCUT2D eigenvalue weighted by molar-refractivity contribution is 6.36. The molecular weight excluding hydrogens is 455 g/mol. The Balaban J connectivity index is 0.00000272. The number of benzene rings is 2. The first-order chi connectivity index (χ1) is 14.4. The van der Waals surface area contributed by atoms with E-state index in [0.717, 1.165) is 37.3 Å². The van der Waals surface area contributed by atoms with Crippen molar-refractivity contribution in [2.75, 3.05) is 18.4 Å². The SMILES string of the molecule is Cc1ccc(-n2ncc(C(=O)Nc3ccc(Cl)cc3Cl)c2C2CCNCC2)cc1C.Cl. The number of nitrogens with one attached hydrogen (secondary N) is 2. The minimum atomic E-state index is -0.220. The Morgan fingerprint density at radius 1 is 1.10 bits per heavy atom. The van der Waals surface area contributed by atoms with Crippen molar-refractivity contribution in [3.05, 3.63) is 75.0 Å². The number of aromatic nitrogens is 2. The van der Waals surface area contributed by atoms with Crippen LogP contribution in [0.25, 0.3) is 5.69 Å². The van der Waals surface area contributed by atoms with Crippen LogP contribution in [-0.2, 0) is 0 Å². The van der Waals surface area contributed by atoms with Crippen LogP contribution in [0.4, 0.5) is 5.69 Å². The molecule has 1 fully saturated rings. The predicted molar refractivity (Wildman–Crippen MR) is 130 cm³/mol. The van der Waals surface area contributed by atoms with Gasteiger partial charge in [0.1, 0.15) is 0 Å². The number of amides is 1. The fourth-order valence-corrected chi connectivity index (χ4v) is 4.32. The van der Waals surface area contributed by atoms with E-state index in [0.29, 0.717) is 21.3 Å². The predicted octanol–water partition coefficient (Wildman–Crippen LogP) is 5.94. The first-order valence-electron chi connectivity index (χ1n) is 10.1. The van der Waals surface area contributed by atoms with Gasteiger partial charge in [0.05, 0.1) is 33.9 Å². The van der Waals surface area contributed by atoms with Gasteiger partial charge in [-0.3, -0.25) is 4.79 Å². The quantitative estimate of drug-likeness (QED) is 0.487. The molecule has 8 heteroatoms. The molecule has 1 aliphatic heterocycles. The lowest BCUT2D eigenvalue weighted by Crippen LogP contribution is -2.29. The van der Waals surface area contributed by atoms with Gasteiger partial charge in [0, 0.05) is 10.9 Å². The van der Waals surface area contributed by atoms with Crippen molar-refractivity contribution >= 4 is 47.2 Å². The Kier molecular flexibility index (Phi) is 7.65. The molecule has 0 saturated carbocycles. The van der Waals surface area contributed by atoms with Gasteiger partial charge >= 0.3 is 0 Å². The lowest BCUT2D eigenvalue weighted by Gasteiger charge is -2.25. The van der Waals surface area contributed by atoms with Crippen molar-refractivity contribution in [1.82, 2.24) is 15.1 Å². The Labute approximate surface area is 198 Å². The zero-order valence-corrected chi connectivity index (χ0v) is 19.7. The van der Waals surface area contributed by atoms with Gasteiger partial charge in [-0.25, -0.2) is 4.68 Å². The topological polar surface area (TPSA) is 59.0 Å². The summed E-state index contributed by atoms with van der Waals surface area (Å²) in [5.41, 5.74) is 5.44. The molecule has 164 valence electrons. The van der Waals surface area contributed by atoms with Crippen LogP contribution in [0.1, 0.15) is 45.9 Å². The fraction of sp³-hybridized carbons (Fsp3) is 0.304. The average molecular weight is 480 g/mol. The van der Waals surface area contributed by atoms with Crippen LogP contribution >= 0.6 is 35.6 Å². The molecule has 4 rings (SSSR count). The minimum Gasteiger partial charge on any atom is -0.321 e. The molecule has 1 amide bonds. The maximum absolute atomic E-state index is 13.2. The second-order valence-electron chi connectivity index (χ2n) is 7.73. The third-order valence-electron chi connectivity index (χ3n) is 5.69. The molecule has 1 saturated heterocycles. The molecule has 0 aliphatic carbocycles. The Hall–Kier alpha value is -2.05. The Morgan fingerprint density at radius 3 is 2.52 bits per heavy atom. The maximum atomic E-state index is 13.2. The van der Waals surface area contributed by atoms with E-state index in [4.69, 9.17) is 23.2 Å². The monoisotopic (exact) mass is 478 g/mol. The first kappa shape index (κ1) is 23.6. The summed E-state index contributed by atoms with van der Waals surface area (Å²) in [6.45, 7) is 6.02. The molecule has 0 spiro atoms. The standard InChI is InChI=1S/C23H24Cl2N4O.ClH/c1-14-3-5-18(11-15(14)2)29-22(16-7-9-26-10-8-16)19(13-27-29)23(30)28-21-6-4-17(24)12-20(21)25;/h3-6,11-13,16,26H,7-10H2,1-2H3,(H,28,30);1H. The highest BCUT2D eigenvalue weighted by atomic mass is 35.5. The van der Waals surface area contributed by atoms with Crippen molar-refractivity contribution in [3.8, 4) is 5.69 Å². The Morgan fingerprint density at radius 2 is 1.84 bits per heavy atom. The van der Waals surface area contributed by atoms with Crippen LogP contribution in [0.3, 0.4) is 0 Å². The van der Waals surface area contributed by atoms with Crippen LogP contribution in [0.15, 0.2) is 42.6 Å². The molecule has 1 aromatic heterocycles. The third kappa shape index (κ3) is 5.07. The summed E-state index contributed by atoms with van der Waals surface area (Å²) in [6, 6.07) is 11.3. The summed E-state index contributed by atoms with van der Waals surface area (Å²) in [5, 5.41) is 11.9. The second kappa shape index (κ2) is 10.0. The highest BCUT2D eigenvalue weighted by Crippen LogP contribution is 2.32. The zero-order valence-electron chi connectivity index (χ0n) is 17.4. The Bertz CT molecular complexity index is 1090. The number of carbonyl (C=O) groups excluding carboxylic acids is 1. The number of carbonyl (C=O) groups is 1. The number of anilines is 1. The lowest BCUT2D eigenvalue weighted by molar-refractivity contribution is 0.102. The number of halogens is 3. The van der Waals surface area contributed by atoms with Crippen molar-refractivity contribution < 1.29 is 4.79 Å². The summed E-state index contributed by atoms with van der Waals surface area (Å²) in [6.07, 6.45) is 3.57. The average Bonchev–Trinajstić information content (AvgIpc) is 3.18. The van der Waals surface area contributed by atoms with E-state index < -0.39 is 0 Å². The fourth-order valence-electron chi connectivity index (χ4n) is 3.86. The van der Waals surface area contributed by atoms with Crippen LogP contribution in [0.2, 0.25) is 10.0 Å².